The summed E-state index contributed by atoms with van der Waals surface area (Å²) in [5.41, 5.74) is 0.896. The van der Waals surface area contributed by atoms with Gasteiger partial charge in [0.15, 0.2) is 0 Å². The van der Waals surface area contributed by atoms with Gasteiger partial charge < -0.3 is 14.8 Å². The number of fused-ring (bicyclic) bond motifs is 1. The summed E-state index contributed by atoms with van der Waals surface area (Å²) in [4.78, 5) is 16.4. The van der Waals surface area contributed by atoms with Crippen LogP contribution in [0.2, 0.25) is 5.02 Å². The second-order valence-corrected chi connectivity index (χ2v) is 8.94. The molecule has 146 valence electrons. The van der Waals surface area contributed by atoms with Gasteiger partial charge in [0.25, 0.3) is 0 Å². The molecule has 1 aromatic heterocycles. The molecular weight excluding hydrogens is 364 g/mol. The third kappa shape index (κ3) is 4.19. The van der Waals surface area contributed by atoms with Crippen molar-refractivity contribution in [3.63, 3.8) is 0 Å². The molecule has 0 fully saturated rings. The zero-order chi connectivity index (χ0) is 19.8. The van der Waals surface area contributed by atoms with Crippen molar-refractivity contribution in [2.24, 2.45) is 0 Å². The predicted octanol–water partition coefficient (Wildman–Crippen LogP) is 4.27. The maximum atomic E-state index is 11.5. The Morgan fingerprint density at radius 2 is 1.93 bits per heavy atom. The second kappa shape index (κ2) is 7.28. The fourth-order valence-electron chi connectivity index (χ4n) is 3.95. The number of halogens is 1. The molecule has 2 N–H and O–H groups in total. The number of benzene rings is 1. The molecule has 0 amide bonds. The largest absolute Gasteiger partial charge is 0.481 e. The lowest BCUT2D eigenvalue weighted by atomic mass is 9.89. The van der Waals surface area contributed by atoms with E-state index in [0.717, 1.165) is 36.3 Å². The van der Waals surface area contributed by atoms with Crippen molar-refractivity contribution < 1.29 is 15.0 Å². The quantitative estimate of drug-likeness (QED) is 0.764. The number of nitrogens with zero attached hydrogens (tertiary/aromatic N) is 2. The van der Waals surface area contributed by atoms with Gasteiger partial charge in [0.05, 0.1) is 17.8 Å². The van der Waals surface area contributed by atoms with Gasteiger partial charge in [-0.2, -0.15) is 0 Å². The number of hydrogen-bond acceptors (Lipinski definition) is 3. The maximum absolute atomic E-state index is 11.5. The molecule has 1 aromatic carbocycles. The van der Waals surface area contributed by atoms with E-state index >= 15 is 0 Å². The van der Waals surface area contributed by atoms with Crippen LogP contribution < -0.4 is 0 Å². The first-order valence-electron chi connectivity index (χ1n) is 9.39. The molecule has 0 saturated carbocycles. The number of hydrogen-bond donors (Lipinski definition) is 2. The van der Waals surface area contributed by atoms with Crippen LogP contribution in [0, 0.1) is 0 Å². The van der Waals surface area contributed by atoms with Gasteiger partial charge in [0.1, 0.15) is 11.4 Å². The minimum Gasteiger partial charge on any atom is -0.481 e. The Labute approximate surface area is 165 Å². The highest BCUT2D eigenvalue weighted by molar-refractivity contribution is 6.30. The summed E-state index contributed by atoms with van der Waals surface area (Å²) >= 11 is 6.01. The maximum Gasteiger partial charge on any atom is 0.306 e. The van der Waals surface area contributed by atoms with Gasteiger partial charge >= 0.3 is 5.97 Å². The number of rotatable bonds is 4. The molecule has 1 heterocycles. The molecular formula is C21H27ClN2O3. The molecule has 2 aromatic rings. The van der Waals surface area contributed by atoms with E-state index in [1.54, 1.807) is 0 Å². The number of aryl methyl sites for hydroxylation is 1. The van der Waals surface area contributed by atoms with Crippen molar-refractivity contribution in [3.05, 3.63) is 52.1 Å². The van der Waals surface area contributed by atoms with Gasteiger partial charge in [0, 0.05) is 17.0 Å². The lowest BCUT2D eigenvalue weighted by molar-refractivity contribution is -0.143. The van der Waals surface area contributed by atoms with Crippen LogP contribution in [-0.4, -0.2) is 25.7 Å². The average molecular weight is 391 g/mol. The van der Waals surface area contributed by atoms with E-state index in [0.29, 0.717) is 23.7 Å². The zero-order valence-electron chi connectivity index (χ0n) is 16.1. The summed E-state index contributed by atoms with van der Waals surface area (Å²) in [5.74, 6) is -0.130. The minimum atomic E-state index is -1.40. The van der Waals surface area contributed by atoms with Gasteiger partial charge in [-0.1, -0.05) is 44.5 Å². The van der Waals surface area contributed by atoms with Crippen molar-refractivity contribution in [2.45, 2.75) is 70.4 Å². The minimum absolute atomic E-state index is 0.233. The Hall–Kier alpha value is -1.85. The van der Waals surface area contributed by atoms with Crippen LogP contribution in [0.1, 0.15) is 69.2 Å². The predicted molar refractivity (Wildman–Crippen MR) is 105 cm³/mol. The molecule has 27 heavy (non-hydrogen) atoms. The molecule has 0 spiro atoms. The van der Waals surface area contributed by atoms with Gasteiger partial charge in [-0.05, 0) is 43.4 Å². The number of aliphatic hydroxyl groups is 1. The number of imidazole rings is 1. The third-order valence-electron chi connectivity index (χ3n) is 5.10. The Morgan fingerprint density at radius 3 is 2.52 bits per heavy atom. The topological polar surface area (TPSA) is 75.3 Å². The Balaban J connectivity index is 2.18. The standard InChI is InChI=1S/C21H27ClN2O3/c1-20(2,3)19-23-16-6-4-5-11-21(27,12-17(25)26)18(16)24(19)13-14-7-9-15(22)10-8-14/h7-10,27H,4-6,11-13H2,1-3H3,(H,25,26). The number of aromatic nitrogens is 2. The van der Waals surface area contributed by atoms with E-state index in [-0.39, 0.29) is 11.8 Å². The first-order valence-corrected chi connectivity index (χ1v) is 9.77. The highest BCUT2D eigenvalue weighted by atomic mass is 35.5. The number of carboxylic acid groups (broad SMARTS) is 1. The van der Waals surface area contributed by atoms with Crippen LogP contribution in [0.25, 0.3) is 0 Å². The fourth-order valence-corrected chi connectivity index (χ4v) is 4.07. The smallest absolute Gasteiger partial charge is 0.306 e. The molecule has 0 bridgehead atoms. The number of aliphatic carboxylic acids is 1. The third-order valence-corrected chi connectivity index (χ3v) is 5.35. The van der Waals surface area contributed by atoms with E-state index in [2.05, 4.69) is 20.8 Å². The monoisotopic (exact) mass is 390 g/mol. The van der Waals surface area contributed by atoms with E-state index in [1.165, 1.54) is 0 Å². The van der Waals surface area contributed by atoms with Crippen LogP contribution in [0.15, 0.2) is 24.3 Å². The lowest BCUT2D eigenvalue weighted by Gasteiger charge is -2.29. The van der Waals surface area contributed by atoms with Crippen LogP contribution in [0.4, 0.5) is 0 Å². The zero-order valence-corrected chi connectivity index (χ0v) is 16.9. The van der Waals surface area contributed by atoms with Gasteiger partial charge in [-0.15, -0.1) is 0 Å². The summed E-state index contributed by atoms with van der Waals surface area (Å²) in [6.45, 7) is 6.78. The summed E-state index contributed by atoms with van der Waals surface area (Å²) < 4.78 is 2.03. The summed E-state index contributed by atoms with van der Waals surface area (Å²) in [5, 5.41) is 21.5. The number of carboxylic acids is 1. The SMILES string of the molecule is CC(C)(C)c1nc2c(n1Cc1ccc(Cl)cc1)C(O)(CC(=O)O)CCCC2. The van der Waals surface area contributed by atoms with Crippen LogP contribution in [0.5, 0.6) is 0 Å². The fraction of sp³-hybridized carbons (Fsp3) is 0.524. The Kier molecular flexibility index (Phi) is 5.37. The summed E-state index contributed by atoms with van der Waals surface area (Å²) in [7, 11) is 0. The Morgan fingerprint density at radius 1 is 1.26 bits per heavy atom. The first-order chi connectivity index (χ1) is 12.6. The molecule has 5 nitrogen and oxygen atoms in total. The number of carbonyl (C=O) groups is 1. The Bertz CT molecular complexity index is 836. The highest BCUT2D eigenvalue weighted by Crippen LogP contribution is 2.39. The molecule has 1 atom stereocenters. The molecule has 0 radical (unpaired) electrons. The first kappa shape index (κ1) is 19.9. The molecule has 6 heteroatoms. The molecule has 0 saturated heterocycles. The summed E-state index contributed by atoms with van der Waals surface area (Å²) in [6, 6.07) is 7.58. The van der Waals surface area contributed by atoms with Gasteiger partial charge in [0.2, 0.25) is 0 Å². The van der Waals surface area contributed by atoms with Crippen molar-refractivity contribution in [1.82, 2.24) is 9.55 Å². The molecule has 1 aliphatic carbocycles. The molecule has 3 rings (SSSR count). The van der Waals surface area contributed by atoms with Crippen LogP contribution in [0.3, 0.4) is 0 Å². The van der Waals surface area contributed by atoms with Crippen LogP contribution >= 0.6 is 11.6 Å². The van der Waals surface area contributed by atoms with Crippen LogP contribution in [-0.2, 0) is 28.8 Å². The van der Waals surface area contributed by atoms with Crippen molar-refractivity contribution >= 4 is 17.6 Å². The van der Waals surface area contributed by atoms with Crippen molar-refractivity contribution in [2.75, 3.05) is 0 Å². The normalized spacial score (nSPS) is 20.2. The summed E-state index contributed by atoms with van der Waals surface area (Å²) in [6.07, 6.45) is 2.56. The van der Waals surface area contributed by atoms with Gasteiger partial charge in [-0.25, -0.2) is 4.98 Å². The van der Waals surface area contributed by atoms with E-state index < -0.39 is 11.6 Å². The average Bonchev–Trinajstić information content (AvgIpc) is 2.84. The van der Waals surface area contributed by atoms with E-state index in [9.17, 15) is 15.0 Å². The highest BCUT2D eigenvalue weighted by Gasteiger charge is 2.41. The molecule has 1 unspecified atom stereocenters. The van der Waals surface area contributed by atoms with Crippen molar-refractivity contribution in [1.29, 1.82) is 0 Å². The van der Waals surface area contributed by atoms with Crippen molar-refractivity contribution in [3.8, 4) is 0 Å². The van der Waals surface area contributed by atoms with Gasteiger partial charge in [-0.3, -0.25) is 4.79 Å². The van der Waals surface area contributed by atoms with E-state index in [1.807, 2.05) is 28.8 Å². The molecule has 0 aliphatic heterocycles. The second-order valence-electron chi connectivity index (χ2n) is 8.50. The molecule has 1 aliphatic rings. The lowest BCUT2D eigenvalue weighted by Crippen LogP contribution is -2.33. The van der Waals surface area contributed by atoms with E-state index in [4.69, 9.17) is 16.6 Å².